The number of nitrogens with zero attached hydrogens (tertiary/aromatic N) is 1. The molecule has 0 aliphatic rings. The maximum absolute atomic E-state index is 3.84. The highest BCUT2D eigenvalue weighted by atomic mass is 15.3. The monoisotopic (exact) mass is 190 g/mol. The zero-order chi connectivity index (χ0) is 10.6. The average Bonchev–Trinajstić information content (AvgIpc) is 2.19. The second kappa shape index (κ2) is 4.43. The second-order valence-corrected chi connectivity index (χ2v) is 4.17. The molecule has 0 bridgehead atoms. The lowest BCUT2D eigenvalue weighted by atomic mass is 10.2. The molecule has 1 nitrogen and oxygen atoms in total. The van der Waals surface area contributed by atoms with E-state index >= 15 is 0 Å². The topological polar surface area (TPSA) is 0 Å². The largest absolute Gasteiger partial charge is 0.288 e. The summed E-state index contributed by atoms with van der Waals surface area (Å²) >= 11 is 0. The molecule has 0 N–H and O–H groups in total. The van der Waals surface area contributed by atoms with Crippen LogP contribution in [0.2, 0.25) is 0 Å². The van der Waals surface area contributed by atoms with E-state index in [2.05, 4.69) is 57.8 Å². The minimum Gasteiger partial charge on any atom is -0.288 e. The first-order valence-electron chi connectivity index (χ1n) is 5.13. The molecule has 0 saturated heterocycles. The van der Waals surface area contributed by atoms with Crippen LogP contribution < -0.4 is 4.48 Å². The first-order chi connectivity index (χ1) is 6.61. The Labute approximate surface area is 87.3 Å². The van der Waals surface area contributed by atoms with Crippen molar-refractivity contribution >= 4 is 5.69 Å². The maximum Gasteiger partial charge on any atom is 0.133 e. The molecule has 76 valence electrons. The molecule has 0 aromatic heterocycles. The molecule has 1 aromatic rings. The van der Waals surface area contributed by atoms with Gasteiger partial charge in [-0.05, 0) is 32.1 Å². The summed E-state index contributed by atoms with van der Waals surface area (Å²) in [5.41, 5.74) is 1.35. The highest BCUT2D eigenvalue weighted by Gasteiger charge is 2.26. The van der Waals surface area contributed by atoms with Crippen LogP contribution >= 0.6 is 0 Å². The summed E-state index contributed by atoms with van der Waals surface area (Å²) in [6, 6.07) is 11.2. The molecular formula is C13H20N+. The molecule has 1 atom stereocenters. The molecule has 0 heterocycles. The van der Waals surface area contributed by atoms with Crippen molar-refractivity contribution in [2.24, 2.45) is 0 Å². The van der Waals surface area contributed by atoms with Crippen molar-refractivity contribution in [3.63, 3.8) is 0 Å². The van der Waals surface area contributed by atoms with Gasteiger partial charge in [-0.2, -0.15) is 0 Å². The van der Waals surface area contributed by atoms with Gasteiger partial charge in [-0.1, -0.05) is 24.8 Å². The third kappa shape index (κ3) is 2.05. The Bertz CT molecular complexity index is 289. The van der Waals surface area contributed by atoms with E-state index < -0.39 is 0 Å². The van der Waals surface area contributed by atoms with E-state index in [1.807, 2.05) is 6.08 Å². The van der Waals surface area contributed by atoms with Crippen molar-refractivity contribution in [3.8, 4) is 0 Å². The van der Waals surface area contributed by atoms with Crippen molar-refractivity contribution in [2.75, 3.05) is 13.6 Å². The normalized spacial score (nSPS) is 15.1. The zero-order valence-electron chi connectivity index (χ0n) is 9.40. The van der Waals surface area contributed by atoms with Crippen LogP contribution in [0.4, 0.5) is 5.69 Å². The SMILES string of the molecule is C=CC[N@+](C)(c1ccccc1)C(C)C. The average molecular weight is 190 g/mol. The van der Waals surface area contributed by atoms with Gasteiger partial charge in [0.15, 0.2) is 0 Å². The summed E-state index contributed by atoms with van der Waals surface area (Å²) in [4.78, 5) is 0. The van der Waals surface area contributed by atoms with Crippen molar-refractivity contribution in [2.45, 2.75) is 19.9 Å². The van der Waals surface area contributed by atoms with Crippen LogP contribution in [0.5, 0.6) is 0 Å². The second-order valence-electron chi connectivity index (χ2n) is 4.17. The quantitative estimate of drug-likeness (QED) is 0.505. The van der Waals surface area contributed by atoms with Gasteiger partial charge >= 0.3 is 0 Å². The number of hydrogen-bond acceptors (Lipinski definition) is 0. The first-order valence-corrected chi connectivity index (χ1v) is 5.13. The van der Waals surface area contributed by atoms with E-state index in [4.69, 9.17) is 0 Å². The molecule has 0 aliphatic heterocycles. The van der Waals surface area contributed by atoms with Gasteiger partial charge in [-0.25, -0.2) is 0 Å². The van der Waals surface area contributed by atoms with Crippen LogP contribution in [0.3, 0.4) is 0 Å². The first kappa shape index (κ1) is 11.0. The maximum atomic E-state index is 3.84. The van der Waals surface area contributed by atoms with E-state index in [1.165, 1.54) is 5.69 Å². The third-order valence-corrected chi connectivity index (χ3v) is 2.99. The molecule has 0 saturated carbocycles. The van der Waals surface area contributed by atoms with Gasteiger partial charge in [0.25, 0.3) is 0 Å². The Morgan fingerprint density at radius 3 is 2.29 bits per heavy atom. The summed E-state index contributed by atoms with van der Waals surface area (Å²) in [5.74, 6) is 0. The van der Waals surface area contributed by atoms with Gasteiger partial charge in [0, 0.05) is 0 Å². The Morgan fingerprint density at radius 1 is 1.29 bits per heavy atom. The lowest BCUT2D eigenvalue weighted by molar-refractivity contribution is 0.299. The molecular weight excluding hydrogens is 170 g/mol. The predicted octanol–water partition coefficient (Wildman–Crippen LogP) is 3.22. The van der Waals surface area contributed by atoms with Crippen LogP contribution in [0.25, 0.3) is 0 Å². The summed E-state index contributed by atoms with van der Waals surface area (Å²) in [6.45, 7) is 9.30. The molecule has 0 aliphatic carbocycles. The summed E-state index contributed by atoms with van der Waals surface area (Å²) < 4.78 is 0.921. The fraction of sp³-hybridized carbons (Fsp3) is 0.385. The lowest BCUT2D eigenvalue weighted by Crippen LogP contribution is -2.50. The van der Waals surface area contributed by atoms with Crippen LogP contribution in [0.1, 0.15) is 13.8 Å². The molecule has 0 fully saturated rings. The Balaban J connectivity index is 3.05. The summed E-state index contributed by atoms with van der Waals surface area (Å²) in [5, 5.41) is 0. The fourth-order valence-electron chi connectivity index (χ4n) is 1.65. The van der Waals surface area contributed by atoms with E-state index in [0.717, 1.165) is 11.0 Å². The van der Waals surface area contributed by atoms with Crippen LogP contribution in [-0.2, 0) is 0 Å². The molecule has 0 amide bonds. The van der Waals surface area contributed by atoms with E-state index in [0.29, 0.717) is 6.04 Å². The molecule has 0 spiro atoms. The van der Waals surface area contributed by atoms with Gasteiger partial charge in [0.1, 0.15) is 12.2 Å². The number of para-hydroxylation sites is 1. The van der Waals surface area contributed by atoms with Crippen molar-refractivity contribution in [1.29, 1.82) is 0 Å². The summed E-state index contributed by atoms with van der Waals surface area (Å²) in [7, 11) is 2.25. The smallest absolute Gasteiger partial charge is 0.133 e. The minimum atomic E-state index is 0.565. The molecule has 1 heteroatoms. The van der Waals surface area contributed by atoms with Gasteiger partial charge in [-0.15, -0.1) is 0 Å². The van der Waals surface area contributed by atoms with E-state index in [-0.39, 0.29) is 0 Å². The molecule has 1 aromatic carbocycles. The standard InChI is InChI=1S/C13H20N/c1-5-11-14(4,12(2)3)13-9-7-6-8-10-13/h5-10,12H,1,11H2,2-4H3/q+1/t14-/m0/s1. The number of likely N-dealkylation sites (N-methyl/N-ethyl adjacent to an activating group) is 1. The number of rotatable bonds is 4. The predicted molar refractivity (Wildman–Crippen MR) is 64.4 cm³/mol. The van der Waals surface area contributed by atoms with Crippen LogP contribution in [-0.4, -0.2) is 19.6 Å². The van der Waals surface area contributed by atoms with Gasteiger partial charge in [-0.3, -0.25) is 4.48 Å². The number of quaternary nitrogens is 1. The molecule has 1 rings (SSSR count). The Morgan fingerprint density at radius 2 is 1.86 bits per heavy atom. The van der Waals surface area contributed by atoms with Crippen molar-refractivity contribution in [3.05, 3.63) is 43.0 Å². The highest BCUT2D eigenvalue weighted by Crippen LogP contribution is 2.23. The number of benzene rings is 1. The Hall–Kier alpha value is -1.08. The van der Waals surface area contributed by atoms with Gasteiger partial charge in [0.05, 0.1) is 13.1 Å². The molecule has 14 heavy (non-hydrogen) atoms. The summed E-state index contributed by atoms with van der Waals surface area (Å²) in [6.07, 6.45) is 1.99. The minimum absolute atomic E-state index is 0.565. The zero-order valence-corrected chi connectivity index (χ0v) is 9.40. The van der Waals surface area contributed by atoms with Crippen LogP contribution in [0, 0.1) is 0 Å². The number of hydrogen-bond donors (Lipinski definition) is 0. The van der Waals surface area contributed by atoms with E-state index in [9.17, 15) is 0 Å². The van der Waals surface area contributed by atoms with Crippen molar-refractivity contribution < 1.29 is 0 Å². The molecule has 0 radical (unpaired) electrons. The van der Waals surface area contributed by atoms with Crippen molar-refractivity contribution in [1.82, 2.24) is 4.48 Å². The lowest BCUT2D eigenvalue weighted by Gasteiger charge is -2.37. The third-order valence-electron chi connectivity index (χ3n) is 2.99. The van der Waals surface area contributed by atoms with Gasteiger partial charge < -0.3 is 0 Å². The van der Waals surface area contributed by atoms with E-state index in [1.54, 1.807) is 0 Å². The molecule has 0 unspecified atom stereocenters. The Kier molecular flexibility index (Phi) is 3.48. The fourth-order valence-corrected chi connectivity index (χ4v) is 1.65. The highest BCUT2D eigenvalue weighted by molar-refractivity contribution is 5.42. The van der Waals surface area contributed by atoms with Crippen LogP contribution in [0.15, 0.2) is 43.0 Å². The van der Waals surface area contributed by atoms with Gasteiger partial charge in [0.2, 0.25) is 0 Å².